The van der Waals surface area contributed by atoms with Gasteiger partial charge in [0.25, 0.3) is 6.02 Å². The number of benzene rings is 2. The van der Waals surface area contributed by atoms with Crippen LogP contribution in [0.4, 0.5) is 8.78 Å². The number of hydrogen-bond donors (Lipinski definition) is 0. The Kier molecular flexibility index (Phi) is 4.13. The average molecular weight is 409 g/mol. The molecule has 6 heteroatoms. The molecule has 5 heterocycles. The molecule has 0 amide bonds. The first kappa shape index (κ1) is 18.3. The Morgan fingerprint density at radius 3 is 2.50 bits per heavy atom. The van der Waals surface area contributed by atoms with E-state index in [2.05, 4.69) is 21.9 Å². The molecule has 2 bridgehead atoms. The number of ether oxygens (including phenoxy) is 1. The minimum atomic E-state index is -0.559. The van der Waals surface area contributed by atoms with Crippen molar-refractivity contribution >= 4 is 6.02 Å². The second-order valence-corrected chi connectivity index (χ2v) is 9.06. The summed E-state index contributed by atoms with van der Waals surface area (Å²) in [5, 5.41) is 0. The van der Waals surface area contributed by atoms with Gasteiger partial charge < -0.3 is 9.64 Å². The Morgan fingerprint density at radius 1 is 1.00 bits per heavy atom. The molecule has 0 unspecified atom stereocenters. The number of hydrogen-bond acceptors (Lipinski definition) is 4. The molecule has 3 saturated heterocycles. The molecular formula is C24H25F2N3O. The lowest BCUT2D eigenvalue weighted by molar-refractivity contribution is -0.0895. The van der Waals surface area contributed by atoms with E-state index in [-0.39, 0.29) is 11.6 Å². The second kappa shape index (κ2) is 6.77. The highest BCUT2D eigenvalue weighted by Gasteiger charge is 2.53. The van der Waals surface area contributed by atoms with Crippen molar-refractivity contribution in [2.24, 2.45) is 10.9 Å². The fraction of sp³-hybridized carbons (Fsp3) is 0.458. The van der Waals surface area contributed by atoms with E-state index in [1.807, 2.05) is 12.1 Å². The van der Waals surface area contributed by atoms with Crippen molar-refractivity contribution in [3.63, 3.8) is 0 Å². The highest BCUT2D eigenvalue weighted by Crippen LogP contribution is 2.43. The zero-order chi connectivity index (χ0) is 20.3. The van der Waals surface area contributed by atoms with Gasteiger partial charge in [-0.25, -0.2) is 13.8 Å². The van der Waals surface area contributed by atoms with Crippen LogP contribution in [0.2, 0.25) is 0 Å². The third-order valence-electron chi connectivity index (χ3n) is 7.33. The molecule has 5 aliphatic heterocycles. The highest BCUT2D eigenvalue weighted by molar-refractivity contribution is 5.78. The molecule has 0 aliphatic carbocycles. The van der Waals surface area contributed by atoms with Crippen molar-refractivity contribution in [2.45, 2.75) is 30.9 Å². The smallest absolute Gasteiger partial charge is 0.288 e. The molecule has 3 fully saturated rings. The molecule has 0 radical (unpaired) electrons. The number of aliphatic imine (C=N–C) groups is 1. The summed E-state index contributed by atoms with van der Waals surface area (Å²) in [5.74, 6) is -0.585. The summed E-state index contributed by atoms with van der Waals surface area (Å²) in [5.41, 5.74) is 2.64. The van der Waals surface area contributed by atoms with E-state index in [9.17, 15) is 8.78 Å². The lowest BCUT2D eigenvalue weighted by Gasteiger charge is -2.50. The molecule has 0 N–H and O–H groups in total. The number of nitrogens with zero attached hydrogens (tertiary/aromatic N) is 3. The van der Waals surface area contributed by atoms with Crippen LogP contribution in [0.25, 0.3) is 0 Å². The van der Waals surface area contributed by atoms with Gasteiger partial charge in [0.05, 0.1) is 12.6 Å². The summed E-state index contributed by atoms with van der Waals surface area (Å²) in [6, 6.07) is 12.3. The van der Waals surface area contributed by atoms with Crippen LogP contribution in [0.3, 0.4) is 0 Å². The van der Waals surface area contributed by atoms with Crippen LogP contribution >= 0.6 is 0 Å². The lowest BCUT2D eigenvalue weighted by Crippen LogP contribution is -2.61. The molecule has 0 aromatic heterocycles. The molecule has 0 saturated carbocycles. The Balaban J connectivity index is 1.38. The fourth-order valence-corrected chi connectivity index (χ4v) is 5.88. The molecule has 1 spiro atoms. The SMILES string of the molecule is Fc1cc(F)cc([C@H]2c3ccccc3CCN2C2=NC[C@@]3(CN4CCC3CC4)O2)c1. The van der Waals surface area contributed by atoms with Gasteiger partial charge in [-0.1, -0.05) is 24.3 Å². The Morgan fingerprint density at radius 2 is 1.77 bits per heavy atom. The molecule has 5 aliphatic rings. The first-order valence-electron chi connectivity index (χ1n) is 10.9. The van der Waals surface area contributed by atoms with Crippen LogP contribution in [0.15, 0.2) is 47.5 Å². The molecular weight excluding hydrogens is 384 g/mol. The lowest BCUT2D eigenvalue weighted by atomic mass is 9.75. The number of fused-ring (bicyclic) bond motifs is 3. The van der Waals surface area contributed by atoms with Gasteiger partial charge in [0.1, 0.15) is 17.2 Å². The van der Waals surface area contributed by atoms with Gasteiger partial charge in [-0.15, -0.1) is 0 Å². The van der Waals surface area contributed by atoms with Crippen LogP contribution in [0.1, 0.15) is 35.6 Å². The Bertz CT molecular complexity index is 997. The number of halogens is 2. The van der Waals surface area contributed by atoms with E-state index in [1.54, 1.807) is 0 Å². The van der Waals surface area contributed by atoms with E-state index in [1.165, 1.54) is 17.7 Å². The molecule has 30 heavy (non-hydrogen) atoms. The Labute approximate surface area is 175 Å². The van der Waals surface area contributed by atoms with Gasteiger partial charge in [0.15, 0.2) is 0 Å². The van der Waals surface area contributed by atoms with E-state index in [0.29, 0.717) is 30.6 Å². The molecule has 2 atom stereocenters. The van der Waals surface area contributed by atoms with Crippen LogP contribution in [-0.4, -0.2) is 54.1 Å². The third kappa shape index (κ3) is 2.84. The maximum Gasteiger partial charge on any atom is 0.288 e. The van der Waals surface area contributed by atoms with Crippen molar-refractivity contribution in [2.75, 3.05) is 32.7 Å². The number of amidine groups is 1. The van der Waals surface area contributed by atoms with Gasteiger partial charge in [-0.2, -0.15) is 0 Å². The predicted octanol–water partition coefficient (Wildman–Crippen LogP) is 3.76. The van der Waals surface area contributed by atoms with Crippen LogP contribution in [0, 0.1) is 17.6 Å². The minimum absolute atomic E-state index is 0.236. The van der Waals surface area contributed by atoms with Gasteiger partial charge in [-0.3, -0.25) is 4.90 Å². The van der Waals surface area contributed by atoms with Crippen molar-refractivity contribution in [1.29, 1.82) is 0 Å². The first-order valence-corrected chi connectivity index (χ1v) is 10.9. The average Bonchev–Trinajstić information content (AvgIpc) is 3.16. The quantitative estimate of drug-likeness (QED) is 0.718. The molecule has 4 nitrogen and oxygen atoms in total. The standard InChI is InChI=1S/C24H25F2N3O/c25-19-11-17(12-20(26)13-19)22-21-4-2-1-3-16(21)5-10-29(22)23-27-14-24(30-23)15-28-8-6-18(24)7-9-28/h1-4,11-13,18,22H,5-10,14-15H2/t22-,24-/m0/s1. The zero-order valence-electron chi connectivity index (χ0n) is 16.9. The first-order chi connectivity index (χ1) is 14.6. The van der Waals surface area contributed by atoms with Gasteiger partial charge in [-0.05, 0) is 61.2 Å². The van der Waals surface area contributed by atoms with E-state index in [4.69, 9.17) is 9.73 Å². The zero-order valence-corrected chi connectivity index (χ0v) is 16.9. The van der Waals surface area contributed by atoms with Crippen molar-refractivity contribution < 1.29 is 13.5 Å². The third-order valence-corrected chi connectivity index (χ3v) is 7.33. The summed E-state index contributed by atoms with van der Waals surface area (Å²) in [7, 11) is 0. The highest BCUT2D eigenvalue weighted by atomic mass is 19.1. The van der Waals surface area contributed by atoms with E-state index < -0.39 is 11.6 Å². The topological polar surface area (TPSA) is 28.1 Å². The summed E-state index contributed by atoms with van der Waals surface area (Å²) in [6.07, 6.45) is 3.17. The number of piperidine rings is 3. The van der Waals surface area contributed by atoms with Crippen LogP contribution < -0.4 is 0 Å². The van der Waals surface area contributed by atoms with Crippen molar-refractivity contribution in [1.82, 2.24) is 9.80 Å². The summed E-state index contributed by atoms with van der Waals surface area (Å²) in [6.45, 7) is 4.60. The van der Waals surface area contributed by atoms with Gasteiger partial charge >= 0.3 is 0 Å². The van der Waals surface area contributed by atoms with E-state index in [0.717, 1.165) is 50.5 Å². The normalized spacial score (nSPS) is 32.1. The minimum Gasteiger partial charge on any atom is -0.455 e. The van der Waals surface area contributed by atoms with Gasteiger partial charge in [0.2, 0.25) is 0 Å². The monoisotopic (exact) mass is 409 g/mol. The Hall–Kier alpha value is -2.47. The van der Waals surface area contributed by atoms with Crippen molar-refractivity contribution in [3.8, 4) is 0 Å². The van der Waals surface area contributed by atoms with Gasteiger partial charge in [0, 0.05) is 25.1 Å². The fourth-order valence-electron chi connectivity index (χ4n) is 5.88. The van der Waals surface area contributed by atoms with E-state index >= 15 is 0 Å². The summed E-state index contributed by atoms with van der Waals surface area (Å²) >= 11 is 0. The largest absolute Gasteiger partial charge is 0.455 e. The summed E-state index contributed by atoms with van der Waals surface area (Å²) in [4.78, 5) is 9.44. The number of rotatable bonds is 1. The maximum absolute atomic E-state index is 14.1. The maximum atomic E-state index is 14.1. The van der Waals surface area contributed by atoms with Crippen LogP contribution in [0.5, 0.6) is 0 Å². The van der Waals surface area contributed by atoms with Crippen LogP contribution in [-0.2, 0) is 11.2 Å². The predicted molar refractivity (Wildman–Crippen MR) is 110 cm³/mol. The molecule has 2 aromatic carbocycles. The second-order valence-electron chi connectivity index (χ2n) is 9.06. The molecule has 156 valence electrons. The molecule has 2 aromatic rings. The molecule has 7 rings (SSSR count). The summed E-state index contributed by atoms with van der Waals surface area (Å²) < 4.78 is 34.9. The van der Waals surface area contributed by atoms with Crippen molar-refractivity contribution in [3.05, 3.63) is 70.8 Å².